The standard InChI is InChI=1S/C61H60BrN5/c1-58(2,3)40-22-26-51-47(33-40)48-34-41(59(4,5)6)23-27-52(48)66(51)45-20-14-17-38(31-45)56-63-55(37-16-13-19-44(62)30-37)64-57(65-56)39-18-15-21-46(32-39)67-53-28-24-42(60(7,8)9)35-49(53)50-36-43(61(10,11)12)25-29-54(50)67/h13-36H,1-12H3. The molecule has 0 aliphatic rings. The first-order valence-corrected chi connectivity index (χ1v) is 24.3. The molecule has 10 aromatic rings. The molecule has 0 saturated heterocycles. The third kappa shape index (κ3) is 8.18. The quantitative estimate of drug-likeness (QED) is 0.173. The maximum Gasteiger partial charge on any atom is 0.164 e. The summed E-state index contributed by atoms with van der Waals surface area (Å²) in [5, 5.41) is 5.02. The third-order valence-corrected chi connectivity index (χ3v) is 13.9. The van der Waals surface area contributed by atoms with Gasteiger partial charge in [-0.25, -0.2) is 15.0 Å². The van der Waals surface area contributed by atoms with Gasteiger partial charge in [0.2, 0.25) is 0 Å². The average molecular weight is 943 g/mol. The topological polar surface area (TPSA) is 48.5 Å². The maximum atomic E-state index is 5.32. The molecule has 67 heavy (non-hydrogen) atoms. The predicted molar refractivity (Wildman–Crippen MR) is 287 cm³/mol. The average Bonchev–Trinajstić information content (AvgIpc) is 3.79. The monoisotopic (exact) mass is 941 g/mol. The molecule has 0 bridgehead atoms. The van der Waals surface area contributed by atoms with Gasteiger partial charge < -0.3 is 9.13 Å². The van der Waals surface area contributed by atoms with Gasteiger partial charge in [-0.2, -0.15) is 0 Å². The van der Waals surface area contributed by atoms with Crippen LogP contribution in [0.3, 0.4) is 0 Å². The van der Waals surface area contributed by atoms with Crippen molar-refractivity contribution >= 4 is 59.5 Å². The van der Waals surface area contributed by atoms with Crippen LogP contribution in [0.5, 0.6) is 0 Å². The van der Waals surface area contributed by atoms with E-state index in [0.29, 0.717) is 17.5 Å². The Morgan fingerprint density at radius 2 is 0.612 bits per heavy atom. The molecule has 0 radical (unpaired) electrons. The highest BCUT2D eigenvalue weighted by Crippen LogP contribution is 2.41. The fourth-order valence-electron chi connectivity index (χ4n) is 9.43. The van der Waals surface area contributed by atoms with Crippen LogP contribution < -0.4 is 0 Å². The van der Waals surface area contributed by atoms with Crippen molar-refractivity contribution in [2.75, 3.05) is 0 Å². The van der Waals surface area contributed by atoms with Gasteiger partial charge in [0.25, 0.3) is 0 Å². The molecule has 7 aromatic carbocycles. The van der Waals surface area contributed by atoms with Gasteiger partial charge >= 0.3 is 0 Å². The Morgan fingerprint density at radius 1 is 0.328 bits per heavy atom. The molecule has 6 heteroatoms. The number of rotatable bonds is 5. The van der Waals surface area contributed by atoms with Gasteiger partial charge in [0, 0.05) is 54.1 Å². The number of hydrogen-bond donors (Lipinski definition) is 0. The largest absolute Gasteiger partial charge is 0.309 e. The summed E-state index contributed by atoms with van der Waals surface area (Å²) in [5.74, 6) is 1.83. The van der Waals surface area contributed by atoms with Gasteiger partial charge in [-0.3, -0.25) is 0 Å². The van der Waals surface area contributed by atoms with Gasteiger partial charge in [0.15, 0.2) is 17.5 Å². The van der Waals surface area contributed by atoms with E-state index in [-0.39, 0.29) is 21.7 Å². The summed E-state index contributed by atoms with van der Waals surface area (Å²) in [6, 6.07) is 53.4. The van der Waals surface area contributed by atoms with Crippen molar-refractivity contribution in [3.05, 3.63) is 172 Å². The molecule has 0 N–H and O–H groups in total. The SMILES string of the molecule is CC(C)(C)c1ccc2c(c1)c1cc(C(C)(C)C)ccc1n2-c1cccc(-c2nc(-c3cccc(Br)c3)nc(-c3cccc(-n4c5ccc(C(C)(C)C)cc5c5cc(C(C)(C)C)ccc54)c3)n2)c1. The second kappa shape index (κ2) is 15.9. The fourth-order valence-corrected chi connectivity index (χ4v) is 9.83. The zero-order chi connectivity index (χ0) is 47.4. The number of hydrogen-bond acceptors (Lipinski definition) is 3. The Labute approximate surface area is 404 Å². The fraction of sp³-hybridized carbons (Fsp3) is 0.262. The van der Waals surface area contributed by atoms with Crippen LogP contribution in [0.15, 0.2) is 150 Å². The van der Waals surface area contributed by atoms with Gasteiger partial charge in [-0.1, -0.05) is 160 Å². The van der Waals surface area contributed by atoms with Gasteiger partial charge in [-0.15, -0.1) is 0 Å². The molecule has 0 fully saturated rings. The normalized spacial score (nSPS) is 12.9. The molecule has 0 spiro atoms. The highest BCUT2D eigenvalue weighted by Gasteiger charge is 2.24. The van der Waals surface area contributed by atoms with Gasteiger partial charge in [0.05, 0.1) is 22.1 Å². The zero-order valence-electron chi connectivity index (χ0n) is 41.0. The number of aromatic nitrogens is 5. The minimum Gasteiger partial charge on any atom is -0.309 e. The first kappa shape index (κ1) is 44.5. The van der Waals surface area contributed by atoms with E-state index in [1.54, 1.807) is 0 Å². The van der Waals surface area contributed by atoms with Crippen LogP contribution in [-0.4, -0.2) is 24.1 Å². The van der Waals surface area contributed by atoms with E-state index in [0.717, 1.165) is 32.5 Å². The summed E-state index contributed by atoms with van der Waals surface area (Å²) in [7, 11) is 0. The molecule has 0 aliphatic heterocycles. The minimum atomic E-state index is 0.0158. The molecule has 0 atom stereocenters. The summed E-state index contributed by atoms with van der Waals surface area (Å²) in [6.45, 7) is 27.4. The molecule has 0 saturated carbocycles. The second-order valence-corrected chi connectivity index (χ2v) is 23.4. The lowest BCUT2D eigenvalue weighted by Gasteiger charge is -2.19. The van der Waals surface area contributed by atoms with Crippen LogP contribution in [0.25, 0.3) is 89.2 Å². The van der Waals surface area contributed by atoms with Crippen molar-refractivity contribution in [2.45, 2.75) is 105 Å². The highest BCUT2D eigenvalue weighted by molar-refractivity contribution is 9.10. The van der Waals surface area contributed by atoms with Crippen LogP contribution in [0.4, 0.5) is 0 Å². The molecule has 336 valence electrons. The molecule has 3 aromatic heterocycles. The third-order valence-electron chi connectivity index (χ3n) is 13.4. The smallest absolute Gasteiger partial charge is 0.164 e. The lowest BCUT2D eigenvalue weighted by Crippen LogP contribution is -2.10. The summed E-state index contributed by atoms with van der Waals surface area (Å²) in [4.78, 5) is 15.8. The molecule has 10 rings (SSSR count). The van der Waals surface area contributed by atoms with Crippen LogP contribution >= 0.6 is 15.9 Å². The highest BCUT2D eigenvalue weighted by atomic mass is 79.9. The molecule has 5 nitrogen and oxygen atoms in total. The van der Waals surface area contributed by atoms with E-state index >= 15 is 0 Å². The van der Waals surface area contributed by atoms with Crippen molar-refractivity contribution in [1.29, 1.82) is 0 Å². The lowest BCUT2D eigenvalue weighted by atomic mass is 9.85. The molecule has 0 aliphatic carbocycles. The number of nitrogens with zero attached hydrogens (tertiary/aromatic N) is 5. The Bertz CT molecular complexity index is 3220. The Kier molecular flexibility index (Phi) is 10.5. The Hall–Kier alpha value is -6.37. The van der Waals surface area contributed by atoms with E-state index in [4.69, 9.17) is 15.0 Å². The Balaban J connectivity index is 1.15. The molecule has 0 unspecified atom stereocenters. The van der Waals surface area contributed by atoms with Crippen LogP contribution in [0, 0.1) is 0 Å². The zero-order valence-corrected chi connectivity index (χ0v) is 42.6. The van der Waals surface area contributed by atoms with Crippen molar-refractivity contribution < 1.29 is 0 Å². The second-order valence-electron chi connectivity index (χ2n) is 22.5. The number of fused-ring (bicyclic) bond motifs is 6. The van der Waals surface area contributed by atoms with E-state index < -0.39 is 0 Å². The van der Waals surface area contributed by atoms with Crippen molar-refractivity contribution in [2.24, 2.45) is 0 Å². The van der Waals surface area contributed by atoms with Crippen LogP contribution in [0.2, 0.25) is 0 Å². The van der Waals surface area contributed by atoms with Crippen molar-refractivity contribution in [3.8, 4) is 45.5 Å². The van der Waals surface area contributed by atoms with E-state index in [9.17, 15) is 0 Å². The number of halogens is 1. The number of benzene rings is 7. The van der Waals surface area contributed by atoms with Crippen molar-refractivity contribution in [1.82, 2.24) is 24.1 Å². The van der Waals surface area contributed by atoms with Gasteiger partial charge in [0.1, 0.15) is 0 Å². The van der Waals surface area contributed by atoms with Crippen LogP contribution in [0.1, 0.15) is 105 Å². The van der Waals surface area contributed by atoms with Crippen LogP contribution in [-0.2, 0) is 21.7 Å². The first-order chi connectivity index (χ1) is 31.6. The van der Waals surface area contributed by atoms with E-state index in [1.807, 2.05) is 12.1 Å². The predicted octanol–water partition coefficient (Wildman–Crippen LogP) is 17.0. The molecule has 0 amide bonds. The van der Waals surface area contributed by atoms with Gasteiger partial charge in [-0.05, 0) is 129 Å². The lowest BCUT2D eigenvalue weighted by molar-refractivity contribution is 0.590. The van der Waals surface area contributed by atoms with Crippen molar-refractivity contribution in [3.63, 3.8) is 0 Å². The summed E-state index contributed by atoms with van der Waals surface area (Å²) in [5.41, 5.74) is 14.8. The van der Waals surface area contributed by atoms with E-state index in [2.05, 4.69) is 242 Å². The minimum absolute atomic E-state index is 0.0158. The van der Waals surface area contributed by atoms with E-state index in [1.165, 1.54) is 65.9 Å². The Morgan fingerprint density at radius 3 is 0.896 bits per heavy atom. The maximum absolute atomic E-state index is 5.32. The summed E-state index contributed by atoms with van der Waals surface area (Å²) in [6.07, 6.45) is 0. The molecular formula is C61H60BrN5. The summed E-state index contributed by atoms with van der Waals surface area (Å²) < 4.78 is 5.76. The summed E-state index contributed by atoms with van der Waals surface area (Å²) >= 11 is 3.71. The molecular weight excluding hydrogens is 883 g/mol. The molecule has 3 heterocycles. The first-order valence-electron chi connectivity index (χ1n) is 23.5.